The van der Waals surface area contributed by atoms with Gasteiger partial charge in [-0.2, -0.15) is 0 Å². The minimum Gasteiger partial charge on any atom is -0.335 e. The molecule has 1 aromatic rings. The first kappa shape index (κ1) is 12.2. The molecule has 0 spiro atoms. The third-order valence-corrected chi connectivity index (χ3v) is 4.41. The smallest absolute Gasteiger partial charge is 0.227 e. The van der Waals surface area contributed by atoms with E-state index in [1.165, 1.54) is 11.1 Å². The SMILES string of the molecule is O=C1Cc2ccc(Br)cc2CN1C1CCNCC1. The number of rotatable bonds is 1. The predicted molar refractivity (Wildman–Crippen MR) is 74.3 cm³/mol. The van der Waals surface area contributed by atoms with Crippen molar-refractivity contribution in [2.75, 3.05) is 13.1 Å². The topological polar surface area (TPSA) is 32.3 Å². The van der Waals surface area contributed by atoms with E-state index in [4.69, 9.17) is 0 Å². The highest BCUT2D eigenvalue weighted by Crippen LogP contribution is 2.26. The molecule has 0 atom stereocenters. The Bertz CT molecular complexity index is 469. The molecule has 0 aromatic heterocycles. The van der Waals surface area contributed by atoms with Crippen molar-refractivity contribution in [3.8, 4) is 0 Å². The quantitative estimate of drug-likeness (QED) is 0.861. The molecule has 3 nitrogen and oxygen atoms in total. The second kappa shape index (κ2) is 5.02. The van der Waals surface area contributed by atoms with Crippen molar-refractivity contribution in [2.45, 2.75) is 31.8 Å². The second-order valence-electron chi connectivity index (χ2n) is 5.09. The highest BCUT2D eigenvalue weighted by Gasteiger charge is 2.29. The van der Waals surface area contributed by atoms with Crippen LogP contribution < -0.4 is 5.32 Å². The van der Waals surface area contributed by atoms with E-state index in [2.05, 4.69) is 38.3 Å². The summed E-state index contributed by atoms with van der Waals surface area (Å²) in [6.07, 6.45) is 2.72. The van der Waals surface area contributed by atoms with Gasteiger partial charge in [0.2, 0.25) is 5.91 Å². The van der Waals surface area contributed by atoms with Gasteiger partial charge in [-0.25, -0.2) is 0 Å². The van der Waals surface area contributed by atoms with Gasteiger partial charge >= 0.3 is 0 Å². The molecule has 0 aliphatic carbocycles. The van der Waals surface area contributed by atoms with Gasteiger partial charge in [0.05, 0.1) is 6.42 Å². The average Bonchev–Trinajstić information content (AvgIpc) is 2.39. The number of amides is 1. The van der Waals surface area contributed by atoms with Gasteiger partial charge in [-0.05, 0) is 49.2 Å². The van der Waals surface area contributed by atoms with Gasteiger partial charge in [0.25, 0.3) is 0 Å². The van der Waals surface area contributed by atoms with Crippen LogP contribution in [0.25, 0.3) is 0 Å². The molecular formula is C14H17BrN2O. The molecular weight excluding hydrogens is 292 g/mol. The molecule has 4 heteroatoms. The summed E-state index contributed by atoms with van der Waals surface area (Å²) in [4.78, 5) is 14.3. The third-order valence-electron chi connectivity index (χ3n) is 3.92. The van der Waals surface area contributed by atoms with E-state index in [-0.39, 0.29) is 5.91 Å². The van der Waals surface area contributed by atoms with E-state index in [1.807, 2.05) is 6.07 Å². The van der Waals surface area contributed by atoms with Gasteiger partial charge in [-0.3, -0.25) is 4.79 Å². The normalized spacial score (nSPS) is 20.9. The van der Waals surface area contributed by atoms with Crippen molar-refractivity contribution < 1.29 is 4.79 Å². The van der Waals surface area contributed by atoms with Crippen molar-refractivity contribution in [3.05, 3.63) is 33.8 Å². The average molecular weight is 309 g/mol. The minimum atomic E-state index is 0.289. The Morgan fingerprint density at radius 3 is 2.78 bits per heavy atom. The van der Waals surface area contributed by atoms with Gasteiger partial charge in [-0.15, -0.1) is 0 Å². The molecule has 1 amide bonds. The fourth-order valence-corrected chi connectivity index (χ4v) is 3.31. The summed E-state index contributed by atoms with van der Waals surface area (Å²) >= 11 is 3.51. The Morgan fingerprint density at radius 1 is 1.22 bits per heavy atom. The fourth-order valence-electron chi connectivity index (χ4n) is 2.90. The Hall–Kier alpha value is -0.870. The van der Waals surface area contributed by atoms with E-state index >= 15 is 0 Å². The number of carbonyl (C=O) groups is 1. The lowest BCUT2D eigenvalue weighted by atomic mass is 9.95. The number of nitrogens with one attached hydrogen (secondary N) is 1. The summed E-state index contributed by atoms with van der Waals surface area (Å²) in [5.41, 5.74) is 2.48. The highest BCUT2D eigenvalue weighted by atomic mass is 79.9. The summed E-state index contributed by atoms with van der Waals surface area (Å²) in [5.74, 6) is 0.289. The molecule has 1 N–H and O–H groups in total. The zero-order valence-corrected chi connectivity index (χ0v) is 11.9. The number of nitrogens with zero attached hydrogens (tertiary/aromatic N) is 1. The molecule has 0 saturated carbocycles. The maximum Gasteiger partial charge on any atom is 0.227 e. The Labute approximate surface area is 116 Å². The zero-order chi connectivity index (χ0) is 12.5. The molecule has 96 valence electrons. The molecule has 18 heavy (non-hydrogen) atoms. The molecule has 1 fully saturated rings. The molecule has 2 aliphatic rings. The summed E-state index contributed by atoms with van der Waals surface area (Å²) in [7, 11) is 0. The van der Waals surface area contributed by atoms with Crippen molar-refractivity contribution in [2.24, 2.45) is 0 Å². The minimum absolute atomic E-state index is 0.289. The van der Waals surface area contributed by atoms with Crippen molar-refractivity contribution in [1.29, 1.82) is 0 Å². The van der Waals surface area contributed by atoms with E-state index in [1.54, 1.807) is 0 Å². The summed E-state index contributed by atoms with van der Waals surface area (Å²) in [6, 6.07) is 6.66. The fraction of sp³-hybridized carbons (Fsp3) is 0.500. The first-order valence-corrected chi connectivity index (χ1v) is 7.31. The van der Waals surface area contributed by atoms with Gasteiger partial charge in [0, 0.05) is 17.1 Å². The molecule has 1 aromatic carbocycles. The molecule has 0 radical (unpaired) electrons. The van der Waals surface area contributed by atoms with E-state index in [0.29, 0.717) is 12.5 Å². The van der Waals surface area contributed by atoms with E-state index in [0.717, 1.165) is 36.9 Å². The number of fused-ring (bicyclic) bond motifs is 1. The molecule has 0 unspecified atom stereocenters. The lowest BCUT2D eigenvalue weighted by molar-refractivity contribution is -0.135. The van der Waals surface area contributed by atoms with Crippen LogP contribution in [0, 0.1) is 0 Å². The predicted octanol–water partition coefficient (Wildman–Crippen LogP) is 2.09. The number of piperidine rings is 1. The number of benzene rings is 1. The van der Waals surface area contributed by atoms with Crippen molar-refractivity contribution in [1.82, 2.24) is 10.2 Å². The summed E-state index contributed by atoms with van der Waals surface area (Å²) < 4.78 is 1.10. The Kier molecular flexibility index (Phi) is 3.39. The zero-order valence-electron chi connectivity index (χ0n) is 10.3. The van der Waals surface area contributed by atoms with Crippen LogP contribution >= 0.6 is 15.9 Å². The lowest BCUT2D eigenvalue weighted by Gasteiger charge is -2.38. The standard InChI is InChI=1S/C14H17BrN2O/c15-12-2-1-10-8-14(18)17(9-11(10)7-12)13-3-5-16-6-4-13/h1-2,7,13,16H,3-6,8-9H2. The van der Waals surface area contributed by atoms with Crippen LogP contribution in [0.15, 0.2) is 22.7 Å². The number of carbonyl (C=O) groups excluding carboxylic acids is 1. The van der Waals surface area contributed by atoms with Crippen LogP contribution in [0.4, 0.5) is 0 Å². The molecule has 3 rings (SSSR count). The van der Waals surface area contributed by atoms with Crippen LogP contribution in [0.1, 0.15) is 24.0 Å². The van der Waals surface area contributed by atoms with Crippen LogP contribution in [-0.4, -0.2) is 29.9 Å². The largest absolute Gasteiger partial charge is 0.335 e. The van der Waals surface area contributed by atoms with Crippen LogP contribution in [-0.2, 0) is 17.8 Å². The summed E-state index contributed by atoms with van der Waals surface area (Å²) in [6.45, 7) is 2.83. The number of halogens is 1. The van der Waals surface area contributed by atoms with Crippen LogP contribution in [0.2, 0.25) is 0 Å². The Morgan fingerprint density at radius 2 is 2.00 bits per heavy atom. The first-order valence-electron chi connectivity index (χ1n) is 6.51. The monoisotopic (exact) mass is 308 g/mol. The summed E-state index contributed by atoms with van der Waals surface area (Å²) in [5, 5.41) is 3.35. The van der Waals surface area contributed by atoms with Gasteiger partial charge < -0.3 is 10.2 Å². The third kappa shape index (κ3) is 2.31. The van der Waals surface area contributed by atoms with Gasteiger partial charge in [-0.1, -0.05) is 22.0 Å². The molecule has 2 aliphatic heterocycles. The van der Waals surface area contributed by atoms with E-state index < -0.39 is 0 Å². The lowest BCUT2D eigenvalue weighted by Crippen LogP contribution is -2.48. The van der Waals surface area contributed by atoms with Gasteiger partial charge in [0.15, 0.2) is 0 Å². The van der Waals surface area contributed by atoms with Crippen molar-refractivity contribution in [3.63, 3.8) is 0 Å². The number of hydrogen-bond donors (Lipinski definition) is 1. The van der Waals surface area contributed by atoms with Crippen molar-refractivity contribution >= 4 is 21.8 Å². The molecule has 0 bridgehead atoms. The first-order chi connectivity index (χ1) is 8.74. The molecule has 2 heterocycles. The maximum absolute atomic E-state index is 12.2. The molecule has 1 saturated heterocycles. The second-order valence-corrected chi connectivity index (χ2v) is 6.01. The van der Waals surface area contributed by atoms with Crippen LogP contribution in [0.3, 0.4) is 0 Å². The highest BCUT2D eigenvalue weighted by molar-refractivity contribution is 9.10. The van der Waals surface area contributed by atoms with Crippen LogP contribution in [0.5, 0.6) is 0 Å². The number of hydrogen-bond acceptors (Lipinski definition) is 2. The Balaban J connectivity index is 1.83. The van der Waals surface area contributed by atoms with Gasteiger partial charge in [0.1, 0.15) is 0 Å². The maximum atomic E-state index is 12.2. The van der Waals surface area contributed by atoms with E-state index in [9.17, 15) is 4.79 Å².